The van der Waals surface area contributed by atoms with Gasteiger partial charge in [-0.3, -0.25) is 9.52 Å². The van der Waals surface area contributed by atoms with Crippen molar-refractivity contribution >= 4 is 21.6 Å². The Hall–Kier alpha value is -1.56. The lowest BCUT2D eigenvalue weighted by molar-refractivity contribution is -0.122. The van der Waals surface area contributed by atoms with Crippen LogP contribution in [0.2, 0.25) is 0 Å². The molecule has 6 heteroatoms. The van der Waals surface area contributed by atoms with E-state index in [1.807, 2.05) is 6.07 Å². The summed E-state index contributed by atoms with van der Waals surface area (Å²) < 4.78 is 26.4. The Kier molecular flexibility index (Phi) is 4.38. The highest BCUT2D eigenvalue weighted by molar-refractivity contribution is 7.92. The van der Waals surface area contributed by atoms with Crippen LogP contribution >= 0.6 is 0 Å². The van der Waals surface area contributed by atoms with Gasteiger partial charge in [0.25, 0.3) is 0 Å². The van der Waals surface area contributed by atoms with E-state index in [1.165, 1.54) is 12.8 Å². The molecular formula is C16H22N2O3S. The third-order valence-electron chi connectivity index (χ3n) is 4.68. The van der Waals surface area contributed by atoms with Gasteiger partial charge < -0.3 is 5.32 Å². The summed E-state index contributed by atoms with van der Waals surface area (Å²) in [6.45, 7) is 0.164. The van der Waals surface area contributed by atoms with Gasteiger partial charge in [0, 0.05) is 18.2 Å². The summed E-state index contributed by atoms with van der Waals surface area (Å²) >= 11 is 0. The number of rotatable bonds is 6. The number of anilines is 1. The fourth-order valence-corrected chi connectivity index (χ4v) is 4.51. The van der Waals surface area contributed by atoms with E-state index >= 15 is 0 Å². The van der Waals surface area contributed by atoms with E-state index in [0.717, 1.165) is 12.8 Å². The molecule has 2 aliphatic carbocycles. The maximum absolute atomic E-state index is 12.1. The second kappa shape index (κ2) is 6.28. The van der Waals surface area contributed by atoms with E-state index in [-0.39, 0.29) is 24.1 Å². The first-order chi connectivity index (χ1) is 10.6. The van der Waals surface area contributed by atoms with Crippen LogP contribution in [0.1, 0.15) is 25.7 Å². The van der Waals surface area contributed by atoms with Crippen LogP contribution in [-0.2, 0) is 14.8 Å². The highest BCUT2D eigenvalue weighted by Crippen LogP contribution is 2.55. The molecule has 120 valence electrons. The molecule has 2 unspecified atom stereocenters. The van der Waals surface area contributed by atoms with Gasteiger partial charge in [0.05, 0.1) is 5.75 Å². The maximum Gasteiger partial charge on any atom is 0.234 e. The summed E-state index contributed by atoms with van der Waals surface area (Å²) in [6.07, 6.45) is 4.74. The Morgan fingerprint density at radius 2 is 1.73 bits per heavy atom. The summed E-state index contributed by atoms with van der Waals surface area (Å²) in [6, 6.07) is 8.77. The molecule has 0 spiro atoms. The van der Waals surface area contributed by atoms with Crippen LogP contribution in [0.5, 0.6) is 0 Å². The summed E-state index contributed by atoms with van der Waals surface area (Å²) in [7, 11) is -3.43. The van der Waals surface area contributed by atoms with Crippen LogP contribution in [0.25, 0.3) is 0 Å². The van der Waals surface area contributed by atoms with Gasteiger partial charge in [-0.25, -0.2) is 8.42 Å². The molecular weight excluding hydrogens is 300 g/mol. The van der Waals surface area contributed by atoms with Crippen molar-refractivity contribution in [2.75, 3.05) is 17.0 Å². The van der Waals surface area contributed by atoms with Crippen molar-refractivity contribution in [2.45, 2.75) is 25.7 Å². The standard InChI is InChI=1S/C16H22N2O3S/c19-16(15-13-8-4-5-9-14(13)15)17-10-11-22(20,21)18-12-6-2-1-3-7-12/h1-3,6-7,13-15,18H,4-5,8-11H2,(H,17,19). The fraction of sp³-hybridized carbons (Fsp3) is 0.562. The van der Waals surface area contributed by atoms with Crippen LogP contribution in [0.3, 0.4) is 0 Å². The van der Waals surface area contributed by atoms with E-state index in [0.29, 0.717) is 17.5 Å². The van der Waals surface area contributed by atoms with Gasteiger partial charge in [-0.2, -0.15) is 0 Å². The normalized spacial score (nSPS) is 26.8. The zero-order chi connectivity index (χ0) is 15.6. The molecule has 1 aromatic rings. The minimum Gasteiger partial charge on any atom is -0.355 e. The van der Waals surface area contributed by atoms with Gasteiger partial charge >= 0.3 is 0 Å². The van der Waals surface area contributed by atoms with E-state index in [9.17, 15) is 13.2 Å². The monoisotopic (exact) mass is 322 g/mol. The van der Waals surface area contributed by atoms with Gasteiger partial charge in [-0.15, -0.1) is 0 Å². The number of nitrogens with one attached hydrogen (secondary N) is 2. The first-order valence-corrected chi connectivity index (χ1v) is 9.55. The molecule has 0 radical (unpaired) electrons. The number of fused-ring (bicyclic) bond motifs is 1. The van der Waals surface area contributed by atoms with Gasteiger partial charge in [-0.1, -0.05) is 31.0 Å². The fourth-order valence-electron chi connectivity index (χ4n) is 3.54. The zero-order valence-electron chi connectivity index (χ0n) is 12.5. The molecule has 0 heterocycles. The number of carbonyl (C=O) groups is 1. The van der Waals surface area contributed by atoms with Gasteiger partial charge in [0.2, 0.25) is 15.9 Å². The zero-order valence-corrected chi connectivity index (χ0v) is 13.3. The summed E-state index contributed by atoms with van der Waals surface area (Å²) in [5.41, 5.74) is 0.544. The van der Waals surface area contributed by atoms with Crippen LogP contribution < -0.4 is 10.0 Å². The van der Waals surface area contributed by atoms with Crippen molar-refractivity contribution in [3.8, 4) is 0 Å². The molecule has 0 bridgehead atoms. The van der Waals surface area contributed by atoms with E-state index in [2.05, 4.69) is 10.0 Å². The molecule has 5 nitrogen and oxygen atoms in total. The molecule has 3 rings (SSSR count). The van der Waals surface area contributed by atoms with Gasteiger partial charge in [-0.05, 0) is 36.8 Å². The van der Waals surface area contributed by atoms with Crippen LogP contribution in [0.4, 0.5) is 5.69 Å². The van der Waals surface area contributed by atoms with Crippen molar-refractivity contribution in [1.82, 2.24) is 5.32 Å². The molecule has 0 saturated heterocycles. The van der Waals surface area contributed by atoms with Gasteiger partial charge in [0.1, 0.15) is 0 Å². The lowest BCUT2D eigenvalue weighted by Gasteiger charge is -2.08. The second-order valence-electron chi connectivity index (χ2n) is 6.22. The van der Waals surface area contributed by atoms with Crippen molar-refractivity contribution in [3.05, 3.63) is 30.3 Å². The van der Waals surface area contributed by atoms with E-state index in [4.69, 9.17) is 0 Å². The lowest BCUT2D eigenvalue weighted by atomic mass is 10.0. The van der Waals surface area contributed by atoms with Crippen LogP contribution in [-0.4, -0.2) is 26.6 Å². The quantitative estimate of drug-likeness (QED) is 0.841. The first-order valence-electron chi connectivity index (χ1n) is 7.90. The number of para-hydroxylation sites is 1. The number of hydrogen-bond donors (Lipinski definition) is 2. The second-order valence-corrected chi connectivity index (χ2v) is 8.06. The maximum atomic E-state index is 12.1. The lowest BCUT2D eigenvalue weighted by Crippen LogP contribution is -2.32. The summed E-state index contributed by atoms with van der Waals surface area (Å²) in [5, 5.41) is 2.78. The molecule has 2 aliphatic rings. The molecule has 2 fully saturated rings. The Morgan fingerprint density at radius 1 is 1.09 bits per heavy atom. The van der Waals surface area contributed by atoms with Crippen LogP contribution in [0, 0.1) is 17.8 Å². The third-order valence-corrected chi connectivity index (χ3v) is 5.96. The van der Waals surface area contributed by atoms with Gasteiger partial charge in [0.15, 0.2) is 0 Å². The molecule has 2 atom stereocenters. The first kappa shape index (κ1) is 15.3. The number of hydrogen-bond acceptors (Lipinski definition) is 3. The van der Waals surface area contributed by atoms with Crippen molar-refractivity contribution in [1.29, 1.82) is 0 Å². The molecule has 22 heavy (non-hydrogen) atoms. The topological polar surface area (TPSA) is 75.3 Å². The van der Waals surface area contributed by atoms with Crippen LogP contribution in [0.15, 0.2) is 30.3 Å². The molecule has 2 N–H and O–H groups in total. The predicted octanol–water partition coefficient (Wildman–Crippen LogP) is 1.98. The summed E-state index contributed by atoms with van der Waals surface area (Å²) in [4.78, 5) is 12.1. The average Bonchev–Trinajstić information content (AvgIpc) is 3.22. The largest absolute Gasteiger partial charge is 0.355 e. The van der Waals surface area contributed by atoms with Crippen molar-refractivity contribution < 1.29 is 13.2 Å². The number of carbonyl (C=O) groups excluding carboxylic acids is 1. The SMILES string of the molecule is O=C(NCCS(=O)(=O)Nc1ccccc1)C1C2CCCCC21. The molecule has 1 aromatic carbocycles. The number of benzene rings is 1. The average molecular weight is 322 g/mol. The molecule has 2 saturated carbocycles. The highest BCUT2D eigenvalue weighted by atomic mass is 32.2. The Morgan fingerprint density at radius 3 is 2.36 bits per heavy atom. The highest BCUT2D eigenvalue weighted by Gasteiger charge is 2.54. The molecule has 0 aliphatic heterocycles. The van der Waals surface area contributed by atoms with E-state index < -0.39 is 10.0 Å². The number of sulfonamides is 1. The summed E-state index contributed by atoms with van der Waals surface area (Å²) in [5.74, 6) is 1.16. The Labute approximate surface area is 131 Å². The van der Waals surface area contributed by atoms with E-state index in [1.54, 1.807) is 24.3 Å². The Balaban J connectivity index is 1.43. The van der Waals surface area contributed by atoms with Crippen molar-refractivity contribution in [2.24, 2.45) is 17.8 Å². The Bertz CT molecular complexity index is 618. The van der Waals surface area contributed by atoms with Crippen molar-refractivity contribution in [3.63, 3.8) is 0 Å². The minimum atomic E-state index is -3.43. The molecule has 1 amide bonds. The third kappa shape index (κ3) is 3.61. The predicted molar refractivity (Wildman–Crippen MR) is 85.8 cm³/mol. The number of amides is 1. The molecule has 0 aromatic heterocycles. The minimum absolute atomic E-state index is 0.0341. The smallest absolute Gasteiger partial charge is 0.234 e.